The Morgan fingerprint density at radius 3 is 2.64 bits per heavy atom. The van der Waals surface area contributed by atoms with Gasteiger partial charge in [0.25, 0.3) is 11.8 Å². The van der Waals surface area contributed by atoms with Gasteiger partial charge in [-0.2, -0.15) is 0 Å². The Morgan fingerprint density at radius 1 is 1.32 bits per heavy atom. The molecule has 2 amide bonds. The van der Waals surface area contributed by atoms with Crippen LogP contribution in [-0.2, 0) is 4.79 Å². The van der Waals surface area contributed by atoms with E-state index in [0.717, 1.165) is 25.7 Å². The Kier molecular flexibility index (Phi) is 5.66. The first-order chi connectivity index (χ1) is 10.5. The Labute approximate surface area is 135 Å². The Hall–Kier alpha value is -1.75. The van der Waals surface area contributed by atoms with Gasteiger partial charge in [-0.15, -0.1) is 0 Å². The first-order valence-corrected chi connectivity index (χ1v) is 7.91. The molecule has 120 valence electrons. The van der Waals surface area contributed by atoms with Gasteiger partial charge in [-0.3, -0.25) is 9.59 Å². The van der Waals surface area contributed by atoms with Crippen molar-refractivity contribution in [2.75, 3.05) is 0 Å². The van der Waals surface area contributed by atoms with Crippen LogP contribution in [0.3, 0.4) is 0 Å². The average Bonchev–Trinajstić information content (AvgIpc) is 2.49. The van der Waals surface area contributed by atoms with E-state index in [1.54, 1.807) is 19.1 Å². The predicted octanol–water partition coefficient (Wildman–Crippen LogP) is 2.66. The molecule has 1 aromatic rings. The summed E-state index contributed by atoms with van der Waals surface area (Å²) in [5, 5.41) is 3.38. The lowest BCUT2D eigenvalue weighted by Gasteiger charge is -2.25. The van der Waals surface area contributed by atoms with Gasteiger partial charge in [0.2, 0.25) is 0 Å². The minimum Gasteiger partial charge on any atom is -0.480 e. The van der Waals surface area contributed by atoms with Crippen molar-refractivity contribution in [3.8, 4) is 5.75 Å². The van der Waals surface area contributed by atoms with Crippen LogP contribution in [-0.4, -0.2) is 24.0 Å². The lowest BCUT2D eigenvalue weighted by Crippen LogP contribution is -2.43. The van der Waals surface area contributed by atoms with E-state index in [0.29, 0.717) is 5.02 Å². The van der Waals surface area contributed by atoms with Gasteiger partial charge in [-0.1, -0.05) is 30.9 Å². The standard InChI is InChI=1S/C16H21ClN2O3/c1-10(16(21)19-12-5-3-2-4-6-12)22-14-8-7-11(17)9-13(14)15(18)20/h7-10,12H,2-6H2,1H3,(H2,18,20)(H,19,21). The molecule has 0 heterocycles. The van der Waals surface area contributed by atoms with E-state index >= 15 is 0 Å². The molecule has 1 aliphatic rings. The minimum absolute atomic E-state index is 0.171. The van der Waals surface area contributed by atoms with Gasteiger partial charge in [0.05, 0.1) is 5.56 Å². The largest absolute Gasteiger partial charge is 0.480 e. The fourth-order valence-corrected chi connectivity index (χ4v) is 2.78. The van der Waals surface area contributed by atoms with Crippen molar-refractivity contribution < 1.29 is 14.3 Å². The molecule has 0 saturated heterocycles. The number of nitrogens with one attached hydrogen (secondary N) is 1. The molecule has 1 aliphatic carbocycles. The number of ether oxygens (including phenoxy) is 1. The van der Waals surface area contributed by atoms with Crippen molar-refractivity contribution in [3.63, 3.8) is 0 Å². The highest BCUT2D eigenvalue weighted by atomic mass is 35.5. The number of halogens is 1. The highest BCUT2D eigenvalue weighted by molar-refractivity contribution is 6.31. The molecule has 1 saturated carbocycles. The molecule has 3 N–H and O–H groups in total. The lowest BCUT2D eigenvalue weighted by molar-refractivity contribution is -0.128. The van der Waals surface area contributed by atoms with Gasteiger partial charge in [-0.25, -0.2) is 0 Å². The zero-order valence-electron chi connectivity index (χ0n) is 12.6. The van der Waals surface area contributed by atoms with E-state index in [9.17, 15) is 9.59 Å². The van der Waals surface area contributed by atoms with Gasteiger partial charge in [0, 0.05) is 11.1 Å². The highest BCUT2D eigenvalue weighted by Gasteiger charge is 2.22. The maximum Gasteiger partial charge on any atom is 0.260 e. The van der Waals surface area contributed by atoms with Crippen LogP contribution in [0.4, 0.5) is 0 Å². The van der Waals surface area contributed by atoms with E-state index in [1.807, 2.05) is 0 Å². The van der Waals surface area contributed by atoms with Crippen LogP contribution in [0.1, 0.15) is 49.4 Å². The van der Waals surface area contributed by atoms with Crippen molar-refractivity contribution in [2.24, 2.45) is 5.73 Å². The number of benzene rings is 1. The number of rotatable bonds is 5. The summed E-state index contributed by atoms with van der Waals surface area (Å²) in [6.07, 6.45) is 4.82. The molecular weight excluding hydrogens is 304 g/mol. The molecule has 22 heavy (non-hydrogen) atoms. The molecule has 1 atom stereocenters. The number of primary amides is 1. The van der Waals surface area contributed by atoms with Crippen LogP contribution >= 0.6 is 11.6 Å². The summed E-state index contributed by atoms with van der Waals surface area (Å²) in [5.74, 6) is -0.558. The van der Waals surface area contributed by atoms with Crippen LogP contribution in [0.2, 0.25) is 5.02 Å². The molecule has 0 aromatic heterocycles. The third-order valence-corrected chi connectivity index (χ3v) is 4.07. The van der Waals surface area contributed by atoms with Crippen molar-refractivity contribution in [1.29, 1.82) is 0 Å². The molecule has 5 nitrogen and oxygen atoms in total. The summed E-state index contributed by atoms with van der Waals surface area (Å²) < 4.78 is 5.59. The highest BCUT2D eigenvalue weighted by Crippen LogP contribution is 2.24. The smallest absolute Gasteiger partial charge is 0.260 e. The normalized spacial score (nSPS) is 16.8. The van der Waals surface area contributed by atoms with E-state index in [-0.39, 0.29) is 23.3 Å². The first-order valence-electron chi connectivity index (χ1n) is 7.53. The fourth-order valence-electron chi connectivity index (χ4n) is 2.61. The lowest BCUT2D eigenvalue weighted by atomic mass is 9.95. The maximum absolute atomic E-state index is 12.2. The number of nitrogens with two attached hydrogens (primary N) is 1. The number of carbonyl (C=O) groups excluding carboxylic acids is 2. The molecule has 0 spiro atoms. The summed E-state index contributed by atoms with van der Waals surface area (Å²) >= 11 is 5.85. The van der Waals surface area contributed by atoms with Crippen LogP contribution in [0.25, 0.3) is 0 Å². The van der Waals surface area contributed by atoms with Crippen molar-refractivity contribution in [3.05, 3.63) is 28.8 Å². The van der Waals surface area contributed by atoms with Gasteiger partial charge in [0.15, 0.2) is 6.10 Å². The van der Waals surface area contributed by atoms with Gasteiger partial charge in [-0.05, 0) is 38.0 Å². The topological polar surface area (TPSA) is 81.4 Å². The van der Waals surface area contributed by atoms with Crippen molar-refractivity contribution >= 4 is 23.4 Å². The molecule has 0 bridgehead atoms. The second kappa shape index (κ2) is 7.49. The summed E-state index contributed by atoms with van der Waals surface area (Å²) in [6.45, 7) is 1.65. The Morgan fingerprint density at radius 2 is 2.00 bits per heavy atom. The molecule has 0 radical (unpaired) electrons. The first kappa shape index (κ1) is 16.6. The zero-order chi connectivity index (χ0) is 16.1. The Bertz CT molecular complexity index is 556. The van der Waals surface area contributed by atoms with E-state index in [4.69, 9.17) is 22.1 Å². The van der Waals surface area contributed by atoms with Crippen molar-refractivity contribution in [1.82, 2.24) is 5.32 Å². The number of carbonyl (C=O) groups is 2. The molecule has 6 heteroatoms. The maximum atomic E-state index is 12.2. The van der Waals surface area contributed by atoms with Crippen LogP contribution in [0.5, 0.6) is 5.75 Å². The third kappa shape index (κ3) is 4.37. The van der Waals surface area contributed by atoms with Gasteiger partial charge >= 0.3 is 0 Å². The average molecular weight is 325 g/mol. The quantitative estimate of drug-likeness (QED) is 0.873. The van der Waals surface area contributed by atoms with Crippen molar-refractivity contribution in [2.45, 2.75) is 51.2 Å². The van der Waals surface area contributed by atoms with Crippen LogP contribution < -0.4 is 15.8 Å². The number of hydrogen-bond donors (Lipinski definition) is 2. The Balaban J connectivity index is 2.00. The molecule has 0 aliphatic heterocycles. The molecule has 2 rings (SSSR count). The summed E-state index contributed by atoms with van der Waals surface area (Å²) in [5.41, 5.74) is 5.48. The molecular formula is C16H21ClN2O3. The molecule has 1 aromatic carbocycles. The van der Waals surface area contributed by atoms with E-state index < -0.39 is 12.0 Å². The summed E-state index contributed by atoms with van der Waals surface area (Å²) in [6, 6.07) is 4.79. The van der Waals surface area contributed by atoms with Crippen LogP contribution in [0.15, 0.2) is 18.2 Å². The minimum atomic E-state index is -0.707. The van der Waals surface area contributed by atoms with E-state index in [2.05, 4.69) is 5.32 Å². The fraction of sp³-hybridized carbons (Fsp3) is 0.500. The number of amides is 2. The summed E-state index contributed by atoms with van der Waals surface area (Å²) in [4.78, 5) is 23.6. The molecule has 1 unspecified atom stereocenters. The van der Waals surface area contributed by atoms with Gasteiger partial charge in [0.1, 0.15) is 5.75 Å². The zero-order valence-corrected chi connectivity index (χ0v) is 13.4. The SMILES string of the molecule is CC(Oc1ccc(Cl)cc1C(N)=O)C(=O)NC1CCCCC1. The second-order valence-electron chi connectivity index (χ2n) is 5.61. The summed E-state index contributed by atoms with van der Waals surface area (Å²) in [7, 11) is 0. The number of hydrogen-bond acceptors (Lipinski definition) is 3. The third-order valence-electron chi connectivity index (χ3n) is 3.83. The predicted molar refractivity (Wildman–Crippen MR) is 85.1 cm³/mol. The monoisotopic (exact) mass is 324 g/mol. The second-order valence-corrected chi connectivity index (χ2v) is 6.04. The van der Waals surface area contributed by atoms with Crippen LogP contribution in [0, 0.1) is 0 Å². The molecule has 1 fully saturated rings. The van der Waals surface area contributed by atoms with Gasteiger partial charge < -0.3 is 15.8 Å². The van der Waals surface area contributed by atoms with E-state index in [1.165, 1.54) is 12.5 Å².